The molecule has 0 bridgehead atoms. The van der Waals surface area contributed by atoms with Gasteiger partial charge >= 0.3 is 0 Å². The van der Waals surface area contributed by atoms with E-state index in [9.17, 15) is 10.2 Å². The molecule has 2 N–H and O–H groups in total. The molecule has 24 heavy (non-hydrogen) atoms. The average Bonchev–Trinajstić information content (AvgIpc) is 2.81. The van der Waals surface area contributed by atoms with Crippen molar-refractivity contribution in [2.45, 2.75) is 64.8 Å². The standard InChI is InChI=1S/C21H32O3/c1-3-4-5-6-7-11-18-19(21(23)13-20(18)22)15-24-14-17-10-8-9-16(2)12-17/h6-10,12,18-23H,3-5,11,13-15H2,1-2H3/b7-6-/t18-,19-,20-,21+/m0/s1. The number of ether oxygens (including phenoxy) is 1. The Morgan fingerprint density at radius 1 is 1.17 bits per heavy atom. The van der Waals surface area contributed by atoms with Crippen LogP contribution in [-0.2, 0) is 11.3 Å². The molecule has 134 valence electrons. The van der Waals surface area contributed by atoms with E-state index in [-0.39, 0.29) is 11.8 Å². The predicted molar refractivity (Wildman–Crippen MR) is 97.7 cm³/mol. The molecule has 0 radical (unpaired) electrons. The number of rotatable bonds is 9. The quantitative estimate of drug-likeness (QED) is 0.531. The first-order chi connectivity index (χ1) is 11.6. The third-order valence-electron chi connectivity index (χ3n) is 4.98. The average molecular weight is 332 g/mol. The number of benzene rings is 1. The number of unbranched alkanes of at least 4 members (excludes halogenated alkanes) is 2. The van der Waals surface area contributed by atoms with Crippen molar-refractivity contribution in [3.8, 4) is 0 Å². The van der Waals surface area contributed by atoms with E-state index in [1.807, 2.05) is 6.07 Å². The third-order valence-corrected chi connectivity index (χ3v) is 4.98. The van der Waals surface area contributed by atoms with Crippen molar-refractivity contribution >= 4 is 0 Å². The minimum atomic E-state index is -0.466. The Labute approximate surface area is 146 Å². The van der Waals surface area contributed by atoms with E-state index in [1.54, 1.807) is 0 Å². The van der Waals surface area contributed by atoms with Gasteiger partial charge in [-0.1, -0.05) is 61.7 Å². The second-order valence-corrected chi connectivity index (χ2v) is 7.05. The summed E-state index contributed by atoms with van der Waals surface area (Å²) in [5.74, 6) is 0.107. The zero-order chi connectivity index (χ0) is 17.4. The van der Waals surface area contributed by atoms with E-state index in [2.05, 4.69) is 44.2 Å². The predicted octanol–water partition coefficient (Wildman–Crippen LogP) is 4.01. The van der Waals surface area contributed by atoms with Gasteiger partial charge < -0.3 is 14.9 Å². The fourth-order valence-corrected chi connectivity index (χ4v) is 3.54. The molecule has 0 saturated heterocycles. The second-order valence-electron chi connectivity index (χ2n) is 7.05. The summed E-state index contributed by atoms with van der Waals surface area (Å²) in [7, 11) is 0. The van der Waals surface area contributed by atoms with Crippen LogP contribution in [0, 0.1) is 18.8 Å². The Morgan fingerprint density at radius 3 is 2.71 bits per heavy atom. The summed E-state index contributed by atoms with van der Waals surface area (Å²) in [6.07, 6.45) is 8.25. The van der Waals surface area contributed by atoms with E-state index < -0.39 is 12.2 Å². The third kappa shape index (κ3) is 5.73. The molecule has 0 aromatic heterocycles. The molecule has 1 aromatic rings. The summed E-state index contributed by atoms with van der Waals surface area (Å²) in [5.41, 5.74) is 2.38. The fraction of sp³-hybridized carbons (Fsp3) is 0.619. The van der Waals surface area contributed by atoms with Crippen molar-refractivity contribution in [2.75, 3.05) is 6.61 Å². The van der Waals surface area contributed by atoms with Gasteiger partial charge in [-0.3, -0.25) is 0 Å². The number of aryl methyl sites for hydroxylation is 1. The number of allylic oxidation sites excluding steroid dienone is 2. The maximum Gasteiger partial charge on any atom is 0.0717 e. The first-order valence-corrected chi connectivity index (χ1v) is 9.26. The molecule has 1 aromatic carbocycles. The number of hydrogen-bond acceptors (Lipinski definition) is 3. The number of aliphatic hydroxyl groups excluding tert-OH is 2. The van der Waals surface area contributed by atoms with Gasteiger partial charge in [0.1, 0.15) is 0 Å². The molecule has 0 aliphatic heterocycles. The zero-order valence-electron chi connectivity index (χ0n) is 15.0. The van der Waals surface area contributed by atoms with Crippen LogP contribution in [0.4, 0.5) is 0 Å². The van der Waals surface area contributed by atoms with E-state index >= 15 is 0 Å². The van der Waals surface area contributed by atoms with Gasteiger partial charge in [0.05, 0.1) is 25.4 Å². The molecular formula is C21H32O3. The lowest BCUT2D eigenvalue weighted by molar-refractivity contribution is 0.0175. The molecule has 2 rings (SSSR count). The van der Waals surface area contributed by atoms with Gasteiger partial charge in [-0.05, 0) is 37.7 Å². The Balaban J connectivity index is 1.82. The van der Waals surface area contributed by atoms with Gasteiger partial charge in [0.2, 0.25) is 0 Å². The smallest absolute Gasteiger partial charge is 0.0717 e. The molecule has 0 spiro atoms. The highest BCUT2D eigenvalue weighted by Gasteiger charge is 2.40. The van der Waals surface area contributed by atoms with Crippen molar-refractivity contribution < 1.29 is 14.9 Å². The van der Waals surface area contributed by atoms with Crippen LogP contribution in [0.1, 0.15) is 50.2 Å². The molecule has 1 aliphatic rings. The maximum absolute atomic E-state index is 10.2. The maximum atomic E-state index is 10.2. The van der Waals surface area contributed by atoms with E-state index in [0.29, 0.717) is 19.6 Å². The van der Waals surface area contributed by atoms with Crippen LogP contribution >= 0.6 is 0 Å². The van der Waals surface area contributed by atoms with Crippen LogP contribution in [0.5, 0.6) is 0 Å². The van der Waals surface area contributed by atoms with E-state index in [0.717, 1.165) is 18.4 Å². The Hall–Kier alpha value is -1.16. The topological polar surface area (TPSA) is 49.7 Å². The van der Waals surface area contributed by atoms with Gasteiger partial charge in [-0.15, -0.1) is 0 Å². The van der Waals surface area contributed by atoms with Crippen LogP contribution in [0.3, 0.4) is 0 Å². The summed E-state index contributed by atoms with van der Waals surface area (Å²) in [5, 5.41) is 20.5. The normalized spacial score (nSPS) is 27.2. The lowest BCUT2D eigenvalue weighted by atomic mass is 9.91. The van der Waals surface area contributed by atoms with Gasteiger partial charge in [0.25, 0.3) is 0 Å². The van der Waals surface area contributed by atoms with Crippen molar-refractivity contribution in [3.05, 3.63) is 47.5 Å². The molecule has 3 heteroatoms. The highest BCUT2D eigenvalue weighted by atomic mass is 16.5. The molecule has 1 aliphatic carbocycles. The van der Waals surface area contributed by atoms with Crippen molar-refractivity contribution in [3.63, 3.8) is 0 Å². The lowest BCUT2D eigenvalue weighted by Gasteiger charge is -2.22. The highest BCUT2D eigenvalue weighted by molar-refractivity contribution is 5.21. The van der Waals surface area contributed by atoms with Crippen molar-refractivity contribution in [2.24, 2.45) is 11.8 Å². The van der Waals surface area contributed by atoms with Gasteiger partial charge in [0.15, 0.2) is 0 Å². The summed E-state index contributed by atoms with van der Waals surface area (Å²) in [6.45, 7) is 5.31. The molecule has 0 heterocycles. The Morgan fingerprint density at radius 2 is 1.96 bits per heavy atom. The van der Waals surface area contributed by atoms with Crippen LogP contribution in [-0.4, -0.2) is 29.0 Å². The number of hydrogen-bond donors (Lipinski definition) is 2. The molecule has 1 fully saturated rings. The molecule has 0 unspecified atom stereocenters. The first kappa shape index (κ1) is 19.2. The fourth-order valence-electron chi connectivity index (χ4n) is 3.54. The van der Waals surface area contributed by atoms with Crippen molar-refractivity contribution in [1.29, 1.82) is 0 Å². The molecule has 3 nitrogen and oxygen atoms in total. The van der Waals surface area contributed by atoms with Gasteiger partial charge in [-0.2, -0.15) is 0 Å². The van der Waals surface area contributed by atoms with E-state index in [4.69, 9.17) is 4.74 Å². The summed E-state index contributed by atoms with van der Waals surface area (Å²) in [6, 6.07) is 8.28. The highest BCUT2D eigenvalue weighted by Crippen LogP contribution is 2.35. The van der Waals surface area contributed by atoms with Crippen LogP contribution in [0.2, 0.25) is 0 Å². The van der Waals surface area contributed by atoms with E-state index in [1.165, 1.54) is 18.4 Å². The molecule has 0 amide bonds. The minimum absolute atomic E-state index is 0.0145. The zero-order valence-corrected chi connectivity index (χ0v) is 15.0. The SMILES string of the molecule is CCCC/C=C\C[C@H]1[C@H](COCc2cccc(C)c2)[C@H](O)C[C@@H]1O. The van der Waals surface area contributed by atoms with Crippen LogP contribution in [0.25, 0.3) is 0 Å². The summed E-state index contributed by atoms with van der Waals surface area (Å²) < 4.78 is 5.86. The largest absolute Gasteiger partial charge is 0.393 e. The molecule has 1 saturated carbocycles. The summed E-state index contributed by atoms with van der Waals surface area (Å²) >= 11 is 0. The lowest BCUT2D eigenvalue weighted by Crippen LogP contribution is -2.26. The summed E-state index contributed by atoms with van der Waals surface area (Å²) in [4.78, 5) is 0. The van der Waals surface area contributed by atoms with Crippen LogP contribution < -0.4 is 0 Å². The van der Waals surface area contributed by atoms with Crippen molar-refractivity contribution in [1.82, 2.24) is 0 Å². The number of aliphatic hydroxyl groups is 2. The first-order valence-electron chi connectivity index (χ1n) is 9.26. The van der Waals surface area contributed by atoms with Crippen LogP contribution in [0.15, 0.2) is 36.4 Å². The van der Waals surface area contributed by atoms with Gasteiger partial charge in [-0.25, -0.2) is 0 Å². The Bertz CT molecular complexity index is 512. The molecular weight excluding hydrogens is 300 g/mol. The monoisotopic (exact) mass is 332 g/mol. The second kappa shape index (κ2) is 9.97. The molecule has 4 atom stereocenters. The Kier molecular flexibility index (Phi) is 7.97. The van der Waals surface area contributed by atoms with Gasteiger partial charge in [0, 0.05) is 5.92 Å². The minimum Gasteiger partial charge on any atom is -0.393 e.